The molecule has 2 N–H and O–H groups in total. The molecule has 1 aromatic heterocycles. The van der Waals surface area contributed by atoms with Gasteiger partial charge in [0.15, 0.2) is 0 Å². The van der Waals surface area contributed by atoms with Crippen LogP contribution in [0.25, 0.3) is 11.3 Å². The van der Waals surface area contributed by atoms with Crippen molar-refractivity contribution in [2.24, 2.45) is 0 Å². The maximum atomic E-state index is 13.1. The van der Waals surface area contributed by atoms with Crippen molar-refractivity contribution in [3.05, 3.63) is 70.9 Å². The number of phenolic OH excluding ortho intramolecular Hbond substituents is 1. The number of methoxy groups -OCH3 is 1. The standard InChI is InChI=1S/C22H23N3O3/c1-3-14-8-10-15(11-9-14)21-18-19(16-6-4-5-7-17(16)26)23-24-20(18)22(27)25(21)12-13-28-2/h4-11,21,26H,3,12-13H2,1-2H3,(H,23,24)/t21-/m0/s1. The highest BCUT2D eigenvalue weighted by molar-refractivity contribution is 6.00. The summed E-state index contributed by atoms with van der Waals surface area (Å²) in [6.07, 6.45) is 0.956. The van der Waals surface area contributed by atoms with E-state index < -0.39 is 0 Å². The van der Waals surface area contributed by atoms with Crippen LogP contribution in [0.1, 0.15) is 40.1 Å². The van der Waals surface area contributed by atoms with Crippen LogP contribution in [0.4, 0.5) is 0 Å². The number of H-pyrrole nitrogens is 1. The molecule has 0 saturated heterocycles. The minimum Gasteiger partial charge on any atom is -0.507 e. The molecule has 0 aliphatic carbocycles. The number of benzene rings is 2. The molecule has 4 rings (SSSR count). The molecule has 1 aliphatic heterocycles. The third kappa shape index (κ3) is 2.96. The number of ether oxygens (including phenoxy) is 1. The lowest BCUT2D eigenvalue weighted by molar-refractivity contribution is 0.0677. The lowest BCUT2D eigenvalue weighted by Gasteiger charge is -2.26. The van der Waals surface area contributed by atoms with Gasteiger partial charge in [0.25, 0.3) is 5.91 Å². The maximum absolute atomic E-state index is 13.1. The summed E-state index contributed by atoms with van der Waals surface area (Å²) in [5, 5.41) is 17.6. The van der Waals surface area contributed by atoms with Crippen molar-refractivity contribution in [2.75, 3.05) is 20.3 Å². The molecule has 2 heterocycles. The van der Waals surface area contributed by atoms with E-state index in [4.69, 9.17) is 4.74 Å². The van der Waals surface area contributed by atoms with Crippen LogP contribution in [0.15, 0.2) is 48.5 Å². The Morgan fingerprint density at radius 3 is 2.61 bits per heavy atom. The molecule has 3 aromatic rings. The smallest absolute Gasteiger partial charge is 0.273 e. The van der Waals surface area contributed by atoms with Crippen LogP contribution in [-0.4, -0.2) is 46.4 Å². The molecule has 0 unspecified atom stereocenters. The maximum Gasteiger partial charge on any atom is 0.273 e. The molecule has 6 heteroatoms. The van der Waals surface area contributed by atoms with Crippen LogP contribution in [0.2, 0.25) is 0 Å². The van der Waals surface area contributed by atoms with Gasteiger partial charge >= 0.3 is 0 Å². The van der Waals surface area contributed by atoms with E-state index in [2.05, 4.69) is 41.4 Å². The molecule has 144 valence electrons. The second-order valence-corrected chi connectivity index (χ2v) is 6.87. The number of hydrogen-bond acceptors (Lipinski definition) is 4. The number of phenols is 1. The fourth-order valence-electron chi connectivity index (χ4n) is 3.78. The van der Waals surface area contributed by atoms with Crippen LogP contribution >= 0.6 is 0 Å². The lowest BCUT2D eigenvalue weighted by Crippen LogP contribution is -2.32. The number of hydrogen-bond donors (Lipinski definition) is 2. The van der Waals surface area contributed by atoms with E-state index >= 15 is 0 Å². The summed E-state index contributed by atoms with van der Waals surface area (Å²) < 4.78 is 5.22. The average Bonchev–Trinajstić information content (AvgIpc) is 3.26. The SMILES string of the molecule is CCc1ccc([C@H]2c3c(-c4ccccc4O)n[nH]c3C(=O)N2CCOC)cc1. The number of rotatable bonds is 6. The molecule has 0 saturated carbocycles. The van der Waals surface area contributed by atoms with E-state index in [0.717, 1.165) is 17.5 Å². The van der Waals surface area contributed by atoms with E-state index in [1.54, 1.807) is 24.1 Å². The molecular formula is C22H23N3O3. The molecular weight excluding hydrogens is 354 g/mol. The number of nitrogens with zero attached hydrogens (tertiary/aromatic N) is 2. The van der Waals surface area contributed by atoms with Gasteiger partial charge in [0, 0.05) is 24.8 Å². The third-order valence-corrected chi connectivity index (χ3v) is 5.26. The Hall–Kier alpha value is -3.12. The van der Waals surface area contributed by atoms with Gasteiger partial charge in [-0.2, -0.15) is 5.10 Å². The van der Waals surface area contributed by atoms with Gasteiger partial charge in [-0.25, -0.2) is 0 Å². The molecule has 1 aliphatic rings. The second kappa shape index (κ2) is 7.48. The number of aromatic amines is 1. The zero-order chi connectivity index (χ0) is 19.7. The molecule has 6 nitrogen and oxygen atoms in total. The zero-order valence-corrected chi connectivity index (χ0v) is 16.0. The molecule has 2 aromatic carbocycles. The Kier molecular flexibility index (Phi) is 4.88. The Labute approximate surface area is 163 Å². The van der Waals surface area contributed by atoms with Gasteiger partial charge in [0.1, 0.15) is 17.1 Å². The minimum absolute atomic E-state index is 0.106. The van der Waals surface area contributed by atoms with E-state index in [0.29, 0.717) is 30.1 Å². The molecule has 28 heavy (non-hydrogen) atoms. The van der Waals surface area contributed by atoms with Crippen molar-refractivity contribution in [2.45, 2.75) is 19.4 Å². The topological polar surface area (TPSA) is 78.5 Å². The largest absolute Gasteiger partial charge is 0.507 e. The molecule has 0 spiro atoms. The van der Waals surface area contributed by atoms with Crippen LogP contribution in [0.3, 0.4) is 0 Å². The molecule has 0 bridgehead atoms. The van der Waals surface area contributed by atoms with Crippen molar-refractivity contribution < 1.29 is 14.6 Å². The van der Waals surface area contributed by atoms with E-state index in [-0.39, 0.29) is 17.7 Å². The zero-order valence-electron chi connectivity index (χ0n) is 16.0. The average molecular weight is 377 g/mol. The molecule has 1 atom stereocenters. The van der Waals surface area contributed by atoms with Crippen LogP contribution in [-0.2, 0) is 11.2 Å². The Morgan fingerprint density at radius 1 is 1.18 bits per heavy atom. The normalized spacial score (nSPS) is 15.9. The molecule has 1 amide bonds. The van der Waals surface area contributed by atoms with Gasteiger partial charge in [0.2, 0.25) is 0 Å². The van der Waals surface area contributed by atoms with Gasteiger partial charge in [-0.3, -0.25) is 9.89 Å². The lowest BCUT2D eigenvalue weighted by atomic mass is 9.95. The summed E-state index contributed by atoms with van der Waals surface area (Å²) in [6.45, 7) is 3.03. The number of aromatic nitrogens is 2. The highest BCUT2D eigenvalue weighted by atomic mass is 16.5. The third-order valence-electron chi connectivity index (χ3n) is 5.26. The first-order valence-corrected chi connectivity index (χ1v) is 9.41. The van der Waals surface area contributed by atoms with Gasteiger partial charge in [-0.15, -0.1) is 0 Å². The number of nitrogens with one attached hydrogen (secondary N) is 1. The van der Waals surface area contributed by atoms with Gasteiger partial charge < -0.3 is 14.7 Å². The summed E-state index contributed by atoms with van der Waals surface area (Å²) >= 11 is 0. The summed E-state index contributed by atoms with van der Waals surface area (Å²) in [4.78, 5) is 14.9. The number of carbonyl (C=O) groups excluding carboxylic acids is 1. The van der Waals surface area contributed by atoms with Crippen LogP contribution in [0.5, 0.6) is 5.75 Å². The van der Waals surface area contributed by atoms with E-state index in [9.17, 15) is 9.90 Å². The number of fused-ring (bicyclic) bond motifs is 1. The predicted molar refractivity (Wildman–Crippen MR) is 106 cm³/mol. The fourth-order valence-corrected chi connectivity index (χ4v) is 3.78. The number of aromatic hydroxyl groups is 1. The predicted octanol–water partition coefficient (Wildman–Crippen LogP) is 3.54. The first kappa shape index (κ1) is 18.3. The quantitative estimate of drug-likeness (QED) is 0.689. The first-order valence-electron chi connectivity index (χ1n) is 9.41. The summed E-state index contributed by atoms with van der Waals surface area (Å²) in [5.74, 6) is 0.0328. The highest BCUT2D eigenvalue weighted by Crippen LogP contribution is 2.44. The van der Waals surface area contributed by atoms with Crippen molar-refractivity contribution in [3.8, 4) is 17.0 Å². The van der Waals surface area contributed by atoms with Crippen molar-refractivity contribution >= 4 is 5.91 Å². The van der Waals surface area contributed by atoms with Crippen molar-refractivity contribution in [3.63, 3.8) is 0 Å². The minimum atomic E-state index is -0.281. The first-order chi connectivity index (χ1) is 13.7. The monoisotopic (exact) mass is 377 g/mol. The fraction of sp³-hybridized carbons (Fsp3) is 0.273. The van der Waals surface area contributed by atoms with E-state index in [1.165, 1.54) is 5.56 Å². The van der Waals surface area contributed by atoms with Crippen molar-refractivity contribution in [1.82, 2.24) is 15.1 Å². The van der Waals surface area contributed by atoms with Crippen molar-refractivity contribution in [1.29, 1.82) is 0 Å². The van der Waals surface area contributed by atoms with Gasteiger partial charge in [-0.1, -0.05) is 43.3 Å². The van der Waals surface area contributed by atoms with Crippen LogP contribution in [0, 0.1) is 0 Å². The van der Waals surface area contributed by atoms with Gasteiger partial charge in [-0.05, 0) is 29.7 Å². The Bertz CT molecular complexity index is 995. The number of aryl methyl sites for hydroxylation is 1. The highest BCUT2D eigenvalue weighted by Gasteiger charge is 2.42. The summed E-state index contributed by atoms with van der Waals surface area (Å²) in [6, 6.07) is 15.1. The summed E-state index contributed by atoms with van der Waals surface area (Å²) in [5.41, 5.74) is 4.73. The van der Waals surface area contributed by atoms with Gasteiger partial charge in [0.05, 0.1) is 12.6 Å². The Balaban J connectivity index is 1.86. The second-order valence-electron chi connectivity index (χ2n) is 6.87. The number of carbonyl (C=O) groups is 1. The van der Waals surface area contributed by atoms with E-state index in [1.807, 2.05) is 12.1 Å². The van der Waals surface area contributed by atoms with Crippen LogP contribution < -0.4 is 0 Å². The summed E-state index contributed by atoms with van der Waals surface area (Å²) in [7, 11) is 1.62. The molecule has 0 radical (unpaired) electrons. The number of amides is 1. The number of para-hydroxylation sites is 1. The Morgan fingerprint density at radius 2 is 1.93 bits per heavy atom. The molecule has 0 fully saturated rings.